The van der Waals surface area contributed by atoms with Crippen LogP contribution in [0.25, 0.3) is 0 Å². The van der Waals surface area contributed by atoms with E-state index in [0.717, 1.165) is 0 Å². The lowest BCUT2D eigenvalue weighted by atomic mass is 10.1. The molecule has 0 saturated heterocycles. The summed E-state index contributed by atoms with van der Waals surface area (Å²) in [6.07, 6.45) is -0.805. The molecule has 2 aromatic rings. The highest BCUT2D eigenvalue weighted by molar-refractivity contribution is 6.30. The quantitative estimate of drug-likeness (QED) is 0.549. The molecule has 2 aromatic carbocycles. The molecule has 0 aliphatic carbocycles. The van der Waals surface area contributed by atoms with Crippen molar-refractivity contribution in [2.75, 3.05) is 7.11 Å². The van der Waals surface area contributed by atoms with Crippen LogP contribution < -0.4 is 9.47 Å². The number of carbonyl (C=O) groups is 2. The van der Waals surface area contributed by atoms with Crippen LogP contribution in [0.15, 0.2) is 42.5 Å². The fraction of sp³-hybridized carbons (Fsp3) is 0.263. The number of methoxy groups -OCH3 is 1. The zero-order valence-corrected chi connectivity index (χ0v) is 15.0. The summed E-state index contributed by atoms with van der Waals surface area (Å²) >= 11 is 5.89. The van der Waals surface area contributed by atoms with Gasteiger partial charge < -0.3 is 14.2 Å². The second kappa shape index (κ2) is 8.53. The monoisotopic (exact) mass is 362 g/mol. The topological polar surface area (TPSA) is 61.8 Å². The lowest BCUT2D eigenvalue weighted by Gasteiger charge is -2.15. The van der Waals surface area contributed by atoms with Crippen molar-refractivity contribution in [1.29, 1.82) is 0 Å². The van der Waals surface area contributed by atoms with Gasteiger partial charge in [-0.1, -0.05) is 17.7 Å². The molecule has 0 fully saturated rings. The molecule has 5 nitrogen and oxygen atoms in total. The molecule has 0 N–H and O–H groups in total. The molecular formula is C19H19ClO5. The number of benzene rings is 2. The molecule has 132 valence electrons. The number of halogens is 1. The Bertz CT molecular complexity index is 772. The van der Waals surface area contributed by atoms with Crippen LogP contribution in [0.3, 0.4) is 0 Å². The fourth-order valence-electron chi connectivity index (χ4n) is 2.17. The van der Waals surface area contributed by atoms with Crippen molar-refractivity contribution in [1.82, 2.24) is 0 Å². The predicted octanol–water partition coefficient (Wildman–Crippen LogP) is 4.06. The molecule has 0 saturated carbocycles. The minimum Gasteiger partial charge on any atom is -0.496 e. The van der Waals surface area contributed by atoms with Crippen LogP contribution >= 0.6 is 11.6 Å². The number of ketones is 1. The molecule has 0 heterocycles. The minimum atomic E-state index is -0.805. The molecule has 0 spiro atoms. The van der Waals surface area contributed by atoms with E-state index < -0.39 is 12.1 Å². The Morgan fingerprint density at radius 2 is 1.92 bits per heavy atom. The van der Waals surface area contributed by atoms with Crippen molar-refractivity contribution in [3.63, 3.8) is 0 Å². The summed E-state index contributed by atoms with van der Waals surface area (Å²) in [5, 5.41) is 0.517. The number of carbonyl (C=O) groups excluding carboxylic acids is 2. The SMILES string of the molecule is COc1ccc(C(C)=O)cc1COC(=O)C(C)Oc1cccc(Cl)c1. The number of Topliss-reactive ketones (excluding diaryl/α,β-unsaturated/α-hetero) is 1. The van der Waals surface area contributed by atoms with E-state index in [9.17, 15) is 9.59 Å². The van der Waals surface area contributed by atoms with E-state index in [1.165, 1.54) is 14.0 Å². The smallest absolute Gasteiger partial charge is 0.347 e. The van der Waals surface area contributed by atoms with Crippen molar-refractivity contribution in [3.8, 4) is 11.5 Å². The Balaban J connectivity index is 2.01. The van der Waals surface area contributed by atoms with Gasteiger partial charge in [-0.3, -0.25) is 4.79 Å². The molecule has 0 aliphatic rings. The molecule has 25 heavy (non-hydrogen) atoms. The van der Waals surface area contributed by atoms with Crippen molar-refractivity contribution in [3.05, 3.63) is 58.6 Å². The second-order valence-electron chi connectivity index (χ2n) is 5.41. The Labute approximate surface area is 151 Å². The van der Waals surface area contributed by atoms with E-state index in [0.29, 0.717) is 27.6 Å². The lowest BCUT2D eigenvalue weighted by molar-refractivity contribution is -0.152. The summed E-state index contributed by atoms with van der Waals surface area (Å²) < 4.78 is 16.0. The number of ether oxygens (including phenoxy) is 3. The third-order valence-electron chi connectivity index (χ3n) is 3.50. The van der Waals surface area contributed by atoms with Gasteiger partial charge in [0.15, 0.2) is 11.9 Å². The Morgan fingerprint density at radius 1 is 1.16 bits per heavy atom. The van der Waals surface area contributed by atoms with Gasteiger partial charge in [0.25, 0.3) is 0 Å². The third-order valence-corrected chi connectivity index (χ3v) is 3.73. The molecule has 1 unspecified atom stereocenters. The molecule has 0 aromatic heterocycles. The molecular weight excluding hydrogens is 344 g/mol. The first-order valence-corrected chi connectivity index (χ1v) is 8.05. The summed E-state index contributed by atoms with van der Waals surface area (Å²) in [5.41, 5.74) is 1.13. The van der Waals surface area contributed by atoms with Crippen LogP contribution in [0, 0.1) is 0 Å². The number of hydrogen-bond acceptors (Lipinski definition) is 5. The van der Waals surface area contributed by atoms with Gasteiger partial charge in [0, 0.05) is 16.1 Å². The van der Waals surface area contributed by atoms with Crippen LogP contribution in [0.1, 0.15) is 29.8 Å². The van der Waals surface area contributed by atoms with Crippen LogP contribution in [-0.4, -0.2) is 25.0 Å². The van der Waals surface area contributed by atoms with E-state index in [4.69, 9.17) is 25.8 Å². The molecule has 6 heteroatoms. The average Bonchev–Trinajstić information content (AvgIpc) is 2.59. The van der Waals surface area contributed by atoms with Crippen LogP contribution in [-0.2, 0) is 16.1 Å². The summed E-state index contributed by atoms with van der Waals surface area (Å²) in [6, 6.07) is 11.7. The van der Waals surface area contributed by atoms with Gasteiger partial charge in [-0.2, -0.15) is 0 Å². The zero-order chi connectivity index (χ0) is 18.4. The highest BCUT2D eigenvalue weighted by Gasteiger charge is 2.18. The van der Waals surface area contributed by atoms with Gasteiger partial charge in [-0.05, 0) is 50.2 Å². The number of rotatable bonds is 7. The Morgan fingerprint density at radius 3 is 2.56 bits per heavy atom. The summed E-state index contributed by atoms with van der Waals surface area (Å²) in [6.45, 7) is 3.04. The molecule has 1 atom stereocenters. The highest BCUT2D eigenvalue weighted by Crippen LogP contribution is 2.22. The van der Waals surface area contributed by atoms with E-state index >= 15 is 0 Å². The van der Waals surface area contributed by atoms with Crippen molar-refractivity contribution < 1.29 is 23.8 Å². The van der Waals surface area contributed by atoms with Gasteiger partial charge in [0.05, 0.1) is 7.11 Å². The number of esters is 1. The molecule has 0 bridgehead atoms. The lowest BCUT2D eigenvalue weighted by Crippen LogP contribution is -2.26. The normalized spacial score (nSPS) is 11.5. The predicted molar refractivity (Wildman–Crippen MR) is 94.3 cm³/mol. The van der Waals surface area contributed by atoms with Gasteiger partial charge in [-0.25, -0.2) is 4.79 Å². The minimum absolute atomic E-state index is 0.0215. The third kappa shape index (κ3) is 5.22. The maximum Gasteiger partial charge on any atom is 0.347 e. The van der Waals surface area contributed by atoms with Crippen molar-refractivity contribution in [2.24, 2.45) is 0 Å². The van der Waals surface area contributed by atoms with Gasteiger partial charge >= 0.3 is 5.97 Å². The zero-order valence-electron chi connectivity index (χ0n) is 14.2. The van der Waals surface area contributed by atoms with Crippen molar-refractivity contribution >= 4 is 23.4 Å². The van der Waals surface area contributed by atoms with Crippen LogP contribution in [0.2, 0.25) is 5.02 Å². The Kier molecular flexibility index (Phi) is 6.42. The average molecular weight is 363 g/mol. The van der Waals surface area contributed by atoms with Gasteiger partial charge in [0.1, 0.15) is 18.1 Å². The first-order chi connectivity index (χ1) is 11.9. The fourth-order valence-corrected chi connectivity index (χ4v) is 2.35. The molecule has 2 rings (SSSR count). The van der Waals surface area contributed by atoms with E-state index in [1.807, 2.05) is 0 Å². The van der Waals surface area contributed by atoms with Gasteiger partial charge in [-0.15, -0.1) is 0 Å². The first kappa shape index (κ1) is 18.8. The number of hydrogen-bond donors (Lipinski definition) is 0. The molecule has 0 radical (unpaired) electrons. The largest absolute Gasteiger partial charge is 0.496 e. The summed E-state index contributed by atoms with van der Waals surface area (Å²) in [7, 11) is 1.51. The second-order valence-corrected chi connectivity index (χ2v) is 5.84. The highest BCUT2D eigenvalue weighted by atomic mass is 35.5. The van der Waals surface area contributed by atoms with Crippen LogP contribution in [0.5, 0.6) is 11.5 Å². The van der Waals surface area contributed by atoms with Crippen LogP contribution in [0.4, 0.5) is 0 Å². The molecule has 0 amide bonds. The molecule has 0 aliphatic heterocycles. The van der Waals surface area contributed by atoms with E-state index in [-0.39, 0.29) is 12.4 Å². The van der Waals surface area contributed by atoms with E-state index in [2.05, 4.69) is 0 Å². The standard InChI is InChI=1S/C19H19ClO5/c1-12(21)14-7-8-18(23-3)15(9-14)11-24-19(22)13(2)25-17-6-4-5-16(20)10-17/h4-10,13H,11H2,1-3H3. The van der Waals surface area contributed by atoms with E-state index in [1.54, 1.807) is 49.4 Å². The maximum atomic E-state index is 12.1. The summed E-state index contributed by atoms with van der Waals surface area (Å²) in [5.74, 6) is 0.414. The maximum absolute atomic E-state index is 12.1. The first-order valence-electron chi connectivity index (χ1n) is 7.67. The van der Waals surface area contributed by atoms with Crippen molar-refractivity contribution in [2.45, 2.75) is 26.6 Å². The van der Waals surface area contributed by atoms with Gasteiger partial charge in [0.2, 0.25) is 0 Å². The Hall–Kier alpha value is -2.53. The summed E-state index contributed by atoms with van der Waals surface area (Å²) in [4.78, 5) is 23.6.